The number of hydrogen-bond donors (Lipinski definition) is 3. The van der Waals surface area contributed by atoms with E-state index in [9.17, 15) is 5.11 Å². The third kappa shape index (κ3) is 3.09. The first-order chi connectivity index (χ1) is 8.16. The summed E-state index contributed by atoms with van der Waals surface area (Å²) in [6.07, 6.45) is -0.582. The first-order valence-electron chi connectivity index (χ1n) is 5.03. The highest BCUT2D eigenvalue weighted by atomic mass is 35.5. The number of pyridine rings is 1. The van der Waals surface area contributed by atoms with Crippen LogP contribution in [0.3, 0.4) is 0 Å². The smallest absolute Gasteiger partial charge is 0.151 e. The average Bonchev–Trinajstić information content (AvgIpc) is 2.83. The molecule has 2 rings (SSSR count). The number of nitrogens with zero attached hydrogens (tertiary/aromatic N) is 1. The summed E-state index contributed by atoms with van der Waals surface area (Å²) in [6, 6.07) is 5.18. The van der Waals surface area contributed by atoms with Gasteiger partial charge in [0.05, 0.1) is 11.8 Å². The number of thiophene rings is 1. The van der Waals surface area contributed by atoms with E-state index < -0.39 is 6.10 Å². The van der Waals surface area contributed by atoms with Crippen molar-refractivity contribution in [2.75, 3.05) is 17.6 Å². The molecule has 1 unspecified atom stereocenters. The third-order valence-corrected chi connectivity index (χ3v) is 3.20. The summed E-state index contributed by atoms with van der Waals surface area (Å²) in [7, 11) is 0. The van der Waals surface area contributed by atoms with E-state index in [2.05, 4.69) is 10.3 Å². The summed E-state index contributed by atoms with van der Waals surface area (Å²) in [6.45, 7) is 0.342. The molecule has 1 atom stereocenters. The van der Waals surface area contributed by atoms with Crippen molar-refractivity contribution in [1.29, 1.82) is 0 Å². The van der Waals surface area contributed by atoms with E-state index in [1.807, 2.05) is 16.8 Å². The lowest BCUT2D eigenvalue weighted by atomic mass is 10.2. The lowest BCUT2D eigenvalue weighted by molar-refractivity contribution is 0.192. The van der Waals surface area contributed by atoms with E-state index in [1.165, 1.54) is 0 Å². The Morgan fingerprint density at radius 2 is 2.29 bits per heavy atom. The van der Waals surface area contributed by atoms with Crippen molar-refractivity contribution in [1.82, 2.24) is 4.98 Å². The van der Waals surface area contributed by atoms with Crippen LogP contribution in [-0.2, 0) is 0 Å². The zero-order chi connectivity index (χ0) is 12.3. The molecule has 17 heavy (non-hydrogen) atoms. The average molecular weight is 270 g/mol. The normalized spacial score (nSPS) is 12.4. The Morgan fingerprint density at radius 1 is 1.47 bits per heavy atom. The van der Waals surface area contributed by atoms with Crippen LogP contribution in [0.5, 0.6) is 0 Å². The maximum Gasteiger partial charge on any atom is 0.151 e. The topological polar surface area (TPSA) is 71.2 Å². The first-order valence-corrected chi connectivity index (χ1v) is 6.35. The maximum atomic E-state index is 9.87. The Labute approximate surface area is 108 Å². The van der Waals surface area contributed by atoms with Crippen molar-refractivity contribution >= 4 is 34.4 Å². The predicted molar refractivity (Wildman–Crippen MR) is 71.4 cm³/mol. The Morgan fingerprint density at radius 3 is 3.00 bits per heavy atom. The van der Waals surface area contributed by atoms with E-state index in [0.717, 1.165) is 5.56 Å². The number of nitrogens with two attached hydrogens (primary N) is 1. The number of hydrogen-bond acceptors (Lipinski definition) is 5. The van der Waals surface area contributed by atoms with Crippen LogP contribution >= 0.6 is 22.9 Å². The minimum Gasteiger partial charge on any atom is -0.396 e. The van der Waals surface area contributed by atoms with E-state index in [-0.39, 0.29) is 0 Å². The minimum atomic E-state index is -0.582. The highest BCUT2D eigenvalue weighted by Crippen LogP contribution is 2.21. The summed E-state index contributed by atoms with van der Waals surface area (Å²) in [5, 5.41) is 17.0. The Balaban J connectivity index is 2.00. The summed E-state index contributed by atoms with van der Waals surface area (Å²) >= 11 is 7.31. The minimum absolute atomic E-state index is 0.342. The summed E-state index contributed by atoms with van der Waals surface area (Å²) in [5.41, 5.74) is 7.12. The van der Waals surface area contributed by atoms with E-state index in [0.29, 0.717) is 23.2 Å². The molecule has 0 radical (unpaired) electrons. The highest BCUT2D eigenvalue weighted by Gasteiger charge is 2.09. The zero-order valence-corrected chi connectivity index (χ0v) is 10.5. The van der Waals surface area contributed by atoms with Gasteiger partial charge >= 0.3 is 0 Å². The quantitative estimate of drug-likeness (QED) is 0.746. The van der Waals surface area contributed by atoms with Crippen LogP contribution in [0.4, 0.5) is 11.5 Å². The molecule has 0 saturated carbocycles. The first kappa shape index (κ1) is 12.2. The fourth-order valence-corrected chi connectivity index (χ4v) is 2.22. The van der Waals surface area contributed by atoms with Gasteiger partial charge in [-0.25, -0.2) is 4.98 Å². The van der Waals surface area contributed by atoms with Gasteiger partial charge < -0.3 is 16.2 Å². The van der Waals surface area contributed by atoms with Crippen molar-refractivity contribution in [2.45, 2.75) is 6.10 Å². The molecule has 4 nitrogen and oxygen atoms in total. The molecule has 0 aliphatic heterocycles. The second-order valence-electron chi connectivity index (χ2n) is 3.53. The van der Waals surface area contributed by atoms with Crippen LogP contribution in [0.15, 0.2) is 29.0 Å². The SMILES string of the molecule is Nc1ccc(Cl)nc1NCC(O)c1ccsc1. The molecular weight excluding hydrogens is 258 g/mol. The second-order valence-corrected chi connectivity index (χ2v) is 4.69. The fourth-order valence-electron chi connectivity index (χ4n) is 1.36. The molecule has 2 aromatic heterocycles. The van der Waals surface area contributed by atoms with Crippen LogP contribution in [0.2, 0.25) is 5.15 Å². The number of aliphatic hydroxyl groups is 1. The Bertz CT molecular complexity index is 489. The molecule has 0 spiro atoms. The molecule has 0 aliphatic rings. The number of halogens is 1. The molecule has 6 heteroatoms. The van der Waals surface area contributed by atoms with Crippen LogP contribution in [-0.4, -0.2) is 16.6 Å². The van der Waals surface area contributed by atoms with Gasteiger partial charge in [-0.1, -0.05) is 11.6 Å². The molecule has 0 bridgehead atoms. The molecule has 4 N–H and O–H groups in total. The molecule has 2 heterocycles. The fraction of sp³-hybridized carbons (Fsp3) is 0.182. The van der Waals surface area contributed by atoms with E-state index >= 15 is 0 Å². The van der Waals surface area contributed by atoms with Gasteiger partial charge in [0.1, 0.15) is 5.15 Å². The largest absolute Gasteiger partial charge is 0.396 e. The van der Waals surface area contributed by atoms with Crippen molar-refractivity contribution in [3.63, 3.8) is 0 Å². The van der Waals surface area contributed by atoms with Crippen LogP contribution in [0.25, 0.3) is 0 Å². The molecule has 2 aromatic rings. The molecule has 90 valence electrons. The number of rotatable bonds is 4. The van der Waals surface area contributed by atoms with Gasteiger partial charge in [0.15, 0.2) is 5.82 Å². The molecule has 0 fully saturated rings. The van der Waals surface area contributed by atoms with Crippen molar-refractivity contribution in [3.8, 4) is 0 Å². The van der Waals surface area contributed by atoms with Gasteiger partial charge in [-0.2, -0.15) is 11.3 Å². The van der Waals surface area contributed by atoms with E-state index in [4.69, 9.17) is 17.3 Å². The number of aromatic nitrogens is 1. The number of anilines is 2. The molecule has 0 amide bonds. The van der Waals surface area contributed by atoms with Gasteiger partial charge in [0.25, 0.3) is 0 Å². The number of aliphatic hydroxyl groups excluding tert-OH is 1. The number of nitrogens with one attached hydrogen (secondary N) is 1. The van der Waals surface area contributed by atoms with Crippen molar-refractivity contribution < 1.29 is 5.11 Å². The second kappa shape index (κ2) is 5.35. The van der Waals surface area contributed by atoms with Gasteiger partial charge in [-0.05, 0) is 34.5 Å². The van der Waals surface area contributed by atoms with Crippen LogP contribution in [0, 0.1) is 0 Å². The van der Waals surface area contributed by atoms with Gasteiger partial charge in [-0.3, -0.25) is 0 Å². The van der Waals surface area contributed by atoms with Gasteiger partial charge in [-0.15, -0.1) is 0 Å². The van der Waals surface area contributed by atoms with Crippen molar-refractivity contribution in [2.24, 2.45) is 0 Å². The van der Waals surface area contributed by atoms with E-state index in [1.54, 1.807) is 23.5 Å². The maximum absolute atomic E-state index is 9.87. The van der Waals surface area contributed by atoms with Crippen LogP contribution in [0.1, 0.15) is 11.7 Å². The van der Waals surface area contributed by atoms with Gasteiger partial charge in [0, 0.05) is 6.54 Å². The number of nitrogen functional groups attached to an aromatic ring is 1. The summed E-state index contributed by atoms with van der Waals surface area (Å²) in [5.74, 6) is 0.492. The molecule has 0 aliphatic carbocycles. The third-order valence-electron chi connectivity index (χ3n) is 2.28. The lowest BCUT2D eigenvalue weighted by Crippen LogP contribution is -2.13. The zero-order valence-electron chi connectivity index (χ0n) is 8.93. The van der Waals surface area contributed by atoms with Gasteiger partial charge in [0.2, 0.25) is 0 Å². The molecule has 0 aromatic carbocycles. The Hall–Kier alpha value is -1.30. The molecular formula is C11H12ClN3OS. The lowest BCUT2D eigenvalue weighted by Gasteiger charge is -2.12. The highest BCUT2D eigenvalue weighted by molar-refractivity contribution is 7.07. The van der Waals surface area contributed by atoms with Crippen molar-refractivity contribution in [3.05, 3.63) is 39.7 Å². The summed E-state index contributed by atoms with van der Waals surface area (Å²) < 4.78 is 0. The molecule has 0 saturated heterocycles. The monoisotopic (exact) mass is 269 g/mol. The standard InChI is InChI=1S/C11H12ClN3OS/c12-10-2-1-8(13)11(15-10)14-5-9(16)7-3-4-17-6-7/h1-4,6,9,16H,5,13H2,(H,14,15). The van der Waals surface area contributed by atoms with Crippen LogP contribution < -0.4 is 11.1 Å². The Kier molecular flexibility index (Phi) is 3.83. The summed E-state index contributed by atoms with van der Waals surface area (Å²) in [4.78, 5) is 4.05. The predicted octanol–water partition coefficient (Wildman–Crippen LogP) is 2.52.